The molecule has 1 aliphatic carbocycles. The monoisotopic (exact) mass is 326 g/mol. The maximum atomic E-state index is 12.3. The molecule has 1 heterocycles. The third-order valence-electron chi connectivity index (χ3n) is 4.13. The van der Waals surface area contributed by atoms with E-state index < -0.39 is 5.54 Å². The van der Waals surface area contributed by atoms with Crippen molar-refractivity contribution in [3.05, 3.63) is 47.7 Å². The van der Waals surface area contributed by atoms with Crippen LogP contribution in [-0.4, -0.2) is 23.3 Å². The average molecular weight is 326 g/mol. The second-order valence-corrected chi connectivity index (χ2v) is 6.52. The highest BCUT2D eigenvalue weighted by Crippen LogP contribution is 2.38. The number of carbonyl (C=O) groups excluding carboxylic acids is 1. The Morgan fingerprint density at radius 1 is 1.17 bits per heavy atom. The van der Waals surface area contributed by atoms with Gasteiger partial charge in [0.2, 0.25) is 0 Å². The van der Waals surface area contributed by atoms with Crippen molar-refractivity contribution >= 4 is 11.8 Å². The molecule has 1 aromatic carbocycles. The van der Waals surface area contributed by atoms with E-state index in [2.05, 4.69) is 20.8 Å². The van der Waals surface area contributed by atoms with Gasteiger partial charge in [-0.3, -0.25) is 5.32 Å². The van der Waals surface area contributed by atoms with Crippen LogP contribution < -0.4 is 15.4 Å². The van der Waals surface area contributed by atoms with Gasteiger partial charge in [0, 0.05) is 11.5 Å². The van der Waals surface area contributed by atoms with Gasteiger partial charge in [0.25, 0.3) is 0 Å². The highest BCUT2D eigenvalue weighted by molar-refractivity contribution is 5.88. The second kappa shape index (κ2) is 6.47. The Morgan fingerprint density at radius 2 is 1.92 bits per heavy atom. The standard InChI is InChI=1S/C18H22N4O2/c1-18(2,13-6-4-5-7-15(13)24-3)20-17(23)19-16-11-10-14(21-22-16)12-8-9-12/h4-7,10-12H,8-9H2,1-3H3,(H2,19,20,22,23). The topological polar surface area (TPSA) is 76.1 Å². The summed E-state index contributed by atoms with van der Waals surface area (Å²) in [6, 6.07) is 11.0. The number of carbonyl (C=O) groups is 1. The summed E-state index contributed by atoms with van der Waals surface area (Å²) in [5, 5.41) is 13.9. The zero-order valence-corrected chi connectivity index (χ0v) is 14.2. The Bertz CT molecular complexity index is 724. The molecule has 1 saturated carbocycles. The van der Waals surface area contributed by atoms with E-state index in [0.29, 0.717) is 11.7 Å². The molecule has 3 rings (SSSR count). The van der Waals surface area contributed by atoms with E-state index in [-0.39, 0.29) is 6.03 Å². The average Bonchev–Trinajstić information content (AvgIpc) is 3.40. The first kappa shape index (κ1) is 16.2. The van der Waals surface area contributed by atoms with Gasteiger partial charge in [-0.2, -0.15) is 5.10 Å². The van der Waals surface area contributed by atoms with E-state index in [1.165, 1.54) is 12.8 Å². The first-order valence-electron chi connectivity index (χ1n) is 8.06. The lowest BCUT2D eigenvalue weighted by atomic mass is 9.93. The molecule has 2 amide bonds. The quantitative estimate of drug-likeness (QED) is 0.883. The second-order valence-electron chi connectivity index (χ2n) is 6.52. The van der Waals surface area contributed by atoms with Crippen LogP contribution in [0.1, 0.15) is 43.9 Å². The molecule has 2 N–H and O–H groups in total. The Balaban J connectivity index is 1.66. The maximum Gasteiger partial charge on any atom is 0.321 e. The van der Waals surface area contributed by atoms with Crippen molar-refractivity contribution < 1.29 is 9.53 Å². The minimum absolute atomic E-state index is 0.334. The van der Waals surface area contributed by atoms with Crippen LogP contribution in [0.3, 0.4) is 0 Å². The van der Waals surface area contributed by atoms with Gasteiger partial charge in [-0.25, -0.2) is 4.79 Å². The lowest BCUT2D eigenvalue weighted by Crippen LogP contribution is -2.43. The lowest BCUT2D eigenvalue weighted by molar-refractivity contribution is 0.241. The van der Waals surface area contributed by atoms with Crippen molar-refractivity contribution in [1.29, 1.82) is 0 Å². The molecule has 0 spiro atoms. The van der Waals surface area contributed by atoms with Gasteiger partial charge in [0.15, 0.2) is 5.82 Å². The Hall–Kier alpha value is -2.63. The summed E-state index contributed by atoms with van der Waals surface area (Å²) in [6.45, 7) is 3.85. The van der Waals surface area contributed by atoms with Crippen molar-refractivity contribution in [3.63, 3.8) is 0 Å². The van der Waals surface area contributed by atoms with E-state index in [0.717, 1.165) is 17.0 Å². The molecule has 0 atom stereocenters. The number of anilines is 1. The first-order valence-corrected chi connectivity index (χ1v) is 8.06. The van der Waals surface area contributed by atoms with Crippen molar-refractivity contribution in [1.82, 2.24) is 15.5 Å². The molecule has 1 fully saturated rings. The third kappa shape index (κ3) is 3.64. The molecule has 24 heavy (non-hydrogen) atoms. The SMILES string of the molecule is COc1ccccc1C(C)(C)NC(=O)Nc1ccc(C2CC2)nn1. The number of urea groups is 1. The minimum atomic E-state index is -0.599. The number of benzene rings is 1. The number of nitrogens with one attached hydrogen (secondary N) is 2. The molecule has 1 aliphatic rings. The van der Waals surface area contributed by atoms with Gasteiger partial charge in [0.1, 0.15) is 5.75 Å². The van der Waals surface area contributed by atoms with Crippen molar-refractivity contribution in [2.45, 2.75) is 38.1 Å². The fraction of sp³-hybridized carbons (Fsp3) is 0.389. The summed E-state index contributed by atoms with van der Waals surface area (Å²) in [5.74, 6) is 1.72. The summed E-state index contributed by atoms with van der Waals surface area (Å²) in [6.07, 6.45) is 2.35. The van der Waals surface area contributed by atoms with Gasteiger partial charge in [-0.1, -0.05) is 18.2 Å². The zero-order valence-electron chi connectivity index (χ0n) is 14.2. The Morgan fingerprint density at radius 3 is 2.54 bits per heavy atom. The number of ether oxygens (including phenoxy) is 1. The maximum absolute atomic E-state index is 12.3. The summed E-state index contributed by atoms with van der Waals surface area (Å²) in [4.78, 5) is 12.3. The van der Waals surface area contributed by atoms with Crippen LogP contribution in [0.5, 0.6) is 5.75 Å². The molecule has 0 unspecified atom stereocenters. The number of nitrogens with zero attached hydrogens (tertiary/aromatic N) is 2. The van der Waals surface area contributed by atoms with E-state index in [1.54, 1.807) is 13.2 Å². The number of amides is 2. The molecular formula is C18H22N4O2. The van der Waals surface area contributed by atoms with Gasteiger partial charge in [-0.15, -0.1) is 5.10 Å². The third-order valence-corrected chi connectivity index (χ3v) is 4.13. The van der Waals surface area contributed by atoms with Crippen LogP contribution >= 0.6 is 0 Å². The van der Waals surface area contributed by atoms with E-state index in [4.69, 9.17) is 4.74 Å². The van der Waals surface area contributed by atoms with E-state index >= 15 is 0 Å². The van der Waals surface area contributed by atoms with Crippen LogP contribution in [0.4, 0.5) is 10.6 Å². The van der Waals surface area contributed by atoms with E-state index in [9.17, 15) is 4.79 Å². The molecular weight excluding hydrogens is 304 g/mol. The van der Waals surface area contributed by atoms with Crippen LogP contribution in [0.2, 0.25) is 0 Å². The highest BCUT2D eigenvalue weighted by Gasteiger charge is 2.27. The first-order chi connectivity index (χ1) is 11.5. The normalized spacial score (nSPS) is 14.1. The molecule has 0 bridgehead atoms. The van der Waals surface area contributed by atoms with Crippen LogP contribution in [0.15, 0.2) is 36.4 Å². The van der Waals surface area contributed by atoms with Crippen molar-refractivity contribution in [2.75, 3.05) is 12.4 Å². The molecule has 6 nitrogen and oxygen atoms in total. The summed E-state index contributed by atoms with van der Waals surface area (Å²) >= 11 is 0. The van der Waals surface area contributed by atoms with Crippen LogP contribution in [-0.2, 0) is 5.54 Å². The molecule has 0 aliphatic heterocycles. The predicted octanol–water partition coefficient (Wildman–Crippen LogP) is 3.42. The minimum Gasteiger partial charge on any atom is -0.496 e. The summed E-state index contributed by atoms with van der Waals surface area (Å²) < 4.78 is 5.38. The van der Waals surface area contributed by atoms with Crippen LogP contribution in [0.25, 0.3) is 0 Å². The van der Waals surface area contributed by atoms with E-state index in [1.807, 2.05) is 44.2 Å². The molecule has 6 heteroatoms. The molecule has 0 radical (unpaired) electrons. The predicted molar refractivity (Wildman–Crippen MR) is 92.2 cm³/mol. The highest BCUT2D eigenvalue weighted by atomic mass is 16.5. The van der Waals surface area contributed by atoms with Gasteiger partial charge in [-0.05, 0) is 44.9 Å². The fourth-order valence-electron chi connectivity index (χ4n) is 2.67. The van der Waals surface area contributed by atoms with Gasteiger partial charge >= 0.3 is 6.03 Å². The number of methoxy groups -OCH3 is 1. The number of aromatic nitrogens is 2. The number of rotatable bonds is 5. The number of hydrogen-bond donors (Lipinski definition) is 2. The smallest absolute Gasteiger partial charge is 0.321 e. The Labute approximate surface area is 141 Å². The molecule has 2 aromatic rings. The van der Waals surface area contributed by atoms with Crippen LogP contribution in [0, 0.1) is 0 Å². The molecule has 0 saturated heterocycles. The lowest BCUT2D eigenvalue weighted by Gasteiger charge is -2.28. The fourth-order valence-corrected chi connectivity index (χ4v) is 2.67. The van der Waals surface area contributed by atoms with Gasteiger partial charge in [0.05, 0.1) is 18.3 Å². The zero-order chi connectivity index (χ0) is 17.2. The van der Waals surface area contributed by atoms with Crippen molar-refractivity contribution in [2.24, 2.45) is 0 Å². The van der Waals surface area contributed by atoms with Crippen molar-refractivity contribution in [3.8, 4) is 5.75 Å². The largest absolute Gasteiger partial charge is 0.496 e. The number of para-hydroxylation sites is 1. The summed E-state index contributed by atoms with van der Waals surface area (Å²) in [5.41, 5.74) is 1.30. The molecule has 1 aromatic heterocycles. The van der Waals surface area contributed by atoms with Gasteiger partial charge < -0.3 is 10.1 Å². The Kier molecular flexibility index (Phi) is 4.38. The number of hydrogen-bond acceptors (Lipinski definition) is 4. The summed E-state index contributed by atoms with van der Waals surface area (Å²) in [7, 11) is 1.62. The molecule has 126 valence electrons.